The summed E-state index contributed by atoms with van der Waals surface area (Å²) in [6.45, 7) is 2.52. The van der Waals surface area contributed by atoms with E-state index in [0.717, 1.165) is 19.4 Å². The van der Waals surface area contributed by atoms with E-state index in [9.17, 15) is 13.2 Å². The minimum Gasteiger partial charge on any atom is -0.480 e. The molecule has 0 aliphatic heterocycles. The summed E-state index contributed by atoms with van der Waals surface area (Å²) in [7, 11) is -3.63. The first-order valence-electron chi connectivity index (χ1n) is 7.88. The van der Waals surface area contributed by atoms with Crippen LogP contribution in [0.4, 0.5) is 0 Å². The molecule has 0 aromatic carbocycles. The quantitative estimate of drug-likeness (QED) is 0.736. The van der Waals surface area contributed by atoms with Crippen LogP contribution in [-0.4, -0.2) is 49.6 Å². The monoisotopic (exact) mass is 342 g/mol. The molecule has 2 aliphatic rings. The summed E-state index contributed by atoms with van der Waals surface area (Å²) in [4.78, 5) is 13.0. The van der Waals surface area contributed by atoms with Crippen molar-refractivity contribution in [2.45, 2.75) is 49.8 Å². The van der Waals surface area contributed by atoms with Gasteiger partial charge in [0, 0.05) is 18.6 Å². The lowest BCUT2D eigenvalue weighted by Gasteiger charge is -2.42. The molecule has 0 unspecified atom stereocenters. The van der Waals surface area contributed by atoms with E-state index >= 15 is 0 Å². The van der Waals surface area contributed by atoms with Crippen molar-refractivity contribution in [1.29, 1.82) is 0 Å². The summed E-state index contributed by atoms with van der Waals surface area (Å²) in [5.74, 6) is 0.325. The molecule has 0 spiro atoms. The van der Waals surface area contributed by atoms with E-state index in [2.05, 4.69) is 4.72 Å². The Morgan fingerprint density at radius 1 is 1.39 bits per heavy atom. The number of aliphatic carboxylic acids is 1. The first-order valence-corrected chi connectivity index (χ1v) is 9.36. The number of hydrogen-bond donors (Lipinski definition) is 2. The van der Waals surface area contributed by atoms with Crippen LogP contribution in [0.1, 0.15) is 31.4 Å². The van der Waals surface area contributed by atoms with Crippen LogP contribution in [0.25, 0.3) is 0 Å². The number of rotatable bonds is 8. The average molecular weight is 342 g/mol. The van der Waals surface area contributed by atoms with E-state index in [0.29, 0.717) is 24.5 Å². The standard InChI is InChI=1S/C15H22N2O5S/c1-10-2-5-15(22-10)23(20,21)16-12-6-13(7-12)17(9-14(18)19)8-11-3-4-11/h2,5,11-13,16H,3-4,6-9H2,1H3,(H,18,19). The van der Waals surface area contributed by atoms with E-state index in [-0.39, 0.29) is 23.7 Å². The molecular formula is C15H22N2O5S. The smallest absolute Gasteiger partial charge is 0.317 e. The van der Waals surface area contributed by atoms with Crippen LogP contribution in [0.3, 0.4) is 0 Å². The van der Waals surface area contributed by atoms with E-state index in [1.165, 1.54) is 6.07 Å². The maximum Gasteiger partial charge on any atom is 0.317 e. The van der Waals surface area contributed by atoms with Crippen molar-refractivity contribution in [1.82, 2.24) is 9.62 Å². The van der Waals surface area contributed by atoms with Crippen molar-refractivity contribution in [2.75, 3.05) is 13.1 Å². The second kappa shape index (κ2) is 6.26. The van der Waals surface area contributed by atoms with Crippen molar-refractivity contribution in [3.63, 3.8) is 0 Å². The Morgan fingerprint density at radius 3 is 2.61 bits per heavy atom. The van der Waals surface area contributed by atoms with Gasteiger partial charge in [-0.05, 0) is 50.7 Å². The molecule has 2 saturated carbocycles. The largest absolute Gasteiger partial charge is 0.480 e. The van der Waals surface area contributed by atoms with Crippen molar-refractivity contribution < 1.29 is 22.7 Å². The van der Waals surface area contributed by atoms with Gasteiger partial charge in [0.15, 0.2) is 0 Å². The van der Waals surface area contributed by atoms with Gasteiger partial charge in [0.05, 0.1) is 6.54 Å². The summed E-state index contributed by atoms with van der Waals surface area (Å²) in [6, 6.07) is 3.03. The predicted octanol–water partition coefficient (Wildman–Crippen LogP) is 1.19. The zero-order chi connectivity index (χ0) is 16.6. The first-order chi connectivity index (χ1) is 10.8. The maximum atomic E-state index is 12.2. The first kappa shape index (κ1) is 16.5. The number of carbonyl (C=O) groups is 1. The van der Waals surface area contributed by atoms with Crippen LogP contribution < -0.4 is 4.72 Å². The molecule has 7 nitrogen and oxygen atoms in total. The summed E-state index contributed by atoms with van der Waals surface area (Å²) in [5.41, 5.74) is 0. The van der Waals surface area contributed by atoms with Crippen molar-refractivity contribution in [2.24, 2.45) is 5.92 Å². The molecule has 0 bridgehead atoms. The second-order valence-corrected chi connectivity index (χ2v) is 8.22. The number of furan rings is 1. The van der Waals surface area contributed by atoms with E-state index < -0.39 is 16.0 Å². The molecule has 0 saturated heterocycles. The Labute approximate surface area is 135 Å². The summed E-state index contributed by atoms with van der Waals surface area (Å²) >= 11 is 0. The predicted molar refractivity (Wildman–Crippen MR) is 82.5 cm³/mol. The number of sulfonamides is 1. The number of carboxylic acids is 1. The third kappa shape index (κ3) is 4.13. The minimum atomic E-state index is -3.63. The number of carboxylic acid groups (broad SMARTS) is 1. The summed E-state index contributed by atoms with van der Waals surface area (Å²) < 4.78 is 32.2. The Balaban J connectivity index is 1.54. The van der Waals surface area contributed by atoms with Crippen LogP contribution in [0.15, 0.2) is 21.6 Å². The Kier molecular flexibility index (Phi) is 4.48. The Morgan fingerprint density at radius 2 is 2.09 bits per heavy atom. The van der Waals surface area contributed by atoms with E-state index in [1.807, 2.05) is 4.90 Å². The SMILES string of the molecule is Cc1ccc(S(=O)(=O)NC2CC(N(CC(=O)O)CC3CC3)C2)o1. The van der Waals surface area contributed by atoms with Crippen LogP contribution in [-0.2, 0) is 14.8 Å². The molecule has 2 N–H and O–H groups in total. The highest BCUT2D eigenvalue weighted by Crippen LogP contribution is 2.34. The average Bonchev–Trinajstić information content (AvgIpc) is 3.10. The van der Waals surface area contributed by atoms with Crippen LogP contribution in [0.5, 0.6) is 0 Å². The minimum absolute atomic E-state index is 0.0258. The van der Waals surface area contributed by atoms with E-state index in [4.69, 9.17) is 9.52 Å². The molecule has 1 aromatic heterocycles. The van der Waals surface area contributed by atoms with Gasteiger partial charge < -0.3 is 9.52 Å². The Hall–Kier alpha value is -1.38. The van der Waals surface area contributed by atoms with Gasteiger partial charge >= 0.3 is 5.97 Å². The van der Waals surface area contributed by atoms with Gasteiger partial charge in [-0.15, -0.1) is 0 Å². The fourth-order valence-electron chi connectivity index (χ4n) is 2.96. The van der Waals surface area contributed by atoms with Gasteiger partial charge in [0.2, 0.25) is 5.09 Å². The van der Waals surface area contributed by atoms with Crippen LogP contribution in [0, 0.1) is 12.8 Å². The molecule has 0 radical (unpaired) electrons. The molecule has 1 aromatic rings. The second-order valence-electron chi connectivity index (χ2n) is 6.58. The highest BCUT2D eigenvalue weighted by molar-refractivity contribution is 7.89. The highest BCUT2D eigenvalue weighted by Gasteiger charge is 2.39. The molecule has 2 aliphatic carbocycles. The van der Waals surface area contributed by atoms with Gasteiger partial charge in [-0.3, -0.25) is 9.69 Å². The molecule has 1 heterocycles. The number of nitrogens with zero attached hydrogens (tertiary/aromatic N) is 1. The highest BCUT2D eigenvalue weighted by atomic mass is 32.2. The lowest BCUT2D eigenvalue weighted by atomic mass is 9.86. The normalized spacial score (nSPS) is 24.6. The van der Waals surface area contributed by atoms with Gasteiger partial charge in [0.25, 0.3) is 10.0 Å². The molecule has 2 fully saturated rings. The van der Waals surface area contributed by atoms with E-state index in [1.54, 1.807) is 13.0 Å². The molecule has 8 heteroatoms. The molecule has 23 heavy (non-hydrogen) atoms. The summed E-state index contributed by atoms with van der Waals surface area (Å²) in [5, 5.41) is 8.95. The fraction of sp³-hybridized carbons (Fsp3) is 0.667. The fourth-order valence-corrected chi connectivity index (χ4v) is 4.20. The van der Waals surface area contributed by atoms with Crippen LogP contribution >= 0.6 is 0 Å². The molecule has 0 amide bonds. The molecule has 0 atom stereocenters. The molecular weight excluding hydrogens is 320 g/mol. The third-order valence-corrected chi connectivity index (χ3v) is 5.85. The van der Waals surface area contributed by atoms with Crippen molar-refractivity contribution >= 4 is 16.0 Å². The maximum absolute atomic E-state index is 12.2. The van der Waals surface area contributed by atoms with Gasteiger partial charge in [-0.2, -0.15) is 0 Å². The van der Waals surface area contributed by atoms with Crippen LogP contribution in [0.2, 0.25) is 0 Å². The lowest BCUT2D eigenvalue weighted by molar-refractivity contribution is -0.139. The number of nitrogens with one attached hydrogen (secondary N) is 1. The number of hydrogen-bond acceptors (Lipinski definition) is 5. The van der Waals surface area contributed by atoms with Crippen molar-refractivity contribution in [3.05, 3.63) is 17.9 Å². The van der Waals surface area contributed by atoms with Crippen molar-refractivity contribution in [3.8, 4) is 0 Å². The zero-order valence-electron chi connectivity index (χ0n) is 13.1. The summed E-state index contributed by atoms with van der Waals surface area (Å²) in [6.07, 6.45) is 3.60. The van der Waals surface area contributed by atoms with Gasteiger partial charge in [-0.1, -0.05) is 0 Å². The van der Waals surface area contributed by atoms with Gasteiger partial charge in [-0.25, -0.2) is 13.1 Å². The number of aryl methyl sites for hydroxylation is 1. The lowest BCUT2D eigenvalue weighted by Crippen LogP contribution is -2.55. The zero-order valence-corrected chi connectivity index (χ0v) is 13.9. The molecule has 128 valence electrons. The topological polar surface area (TPSA) is 99.9 Å². The third-order valence-electron chi connectivity index (χ3n) is 4.46. The Bertz CT molecular complexity index is 674. The molecule has 3 rings (SSSR count). The van der Waals surface area contributed by atoms with Gasteiger partial charge in [0.1, 0.15) is 5.76 Å².